The van der Waals surface area contributed by atoms with E-state index in [1.165, 1.54) is 5.56 Å². The number of rotatable bonds is 2. The van der Waals surface area contributed by atoms with Crippen LogP contribution >= 0.6 is 11.6 Å². The average Bonchev–Trinajstić information content (AvgIpc) is 2.26. The van der Waals surface area contributed by atoms with E-state index in [0.29, 0.717) is 12.0 Å². The van der Waals surface area contributed by atoms with E-state index in [1.807, 2.05) is 12.1 Å². The molecule has 0 aromatic heterocycles. The first-order valence-corrected chi connectivity index (χ1v) is 5.96. The van der Waals surface area contributed by atoms with Gasteiger partial charge in [0, 0.05) is 11.1 Å². The highest BCUT2D eigenvalue weighted by atomic mass is 35.5. The van der Waals surface area contributed by atoms with E-state index in [1.54, 1.807) is 0 Å². The van der Waals surface area contributed by atoms with E-state index in [4.69, 9.17) is 17.3 Å². The smallest absolute Gasteiger partial charge is 0.0406 e. The minimum atomic E-state index is 0.272. The summed E-state index contributed by atoms with van der Waals surface area (Å²) in [6.45, 7) is 4.52. The van der Waals surface area contributed by atoms with Crippen LogP contribution < -0.4 is 5.73 Å². The molecule has 0 radical (unpaired) electrons. The topological polar surface area (TPSA) is 26.0 Å². The van der Waals surface area contributed by atoms with Gasteiger partial charge in [-0.2, -0.15) is 0 Å². The summed E-state index contributed by atoms with van der Waals surface area (Å²) in [4.78, 5) is 0. The molecule has 1 aromatic carbocycles. The summed E-state index contributed by atoms with van der Waals surface area (Å²) in [6, 6.07) is 8.55. The summed E-state index contributed by atoms with van der Waals surface area (Å²) in [5.74, 6) is 0.606. The molecular formula is C13H18ClN. The fourth-order valence-corrected chi connectivity index (χ4v) is 2.74. The van der Waals surface area contributed by atoms with Crippen LogP contribution in [0.25, 0.3) is 0 Å². The first kappa shape index (κ1) is 11.0. The SMILES string of the molecule is CCC1(C)C(N)CC1c1ccc(Cl)cc1. The molecule has 15 heavy (non-hydrogen) atoms. The minimum absolute atomic E-state index is 0.272. The van der Waals surface area contributed by atoms with Gasteiger partial charge in [-0.15, -0.1) is 0 Å². The van der Waals surface area contributed by atoms with Crippen molar-refractivity contribution in [2.75, 3.05) is 0 Å². The molecule has 2 heteroatoms. The summed E-state index contributed by atoms with van der Waals surface area (Å²) in [5, 5.41) is 0.806. The lowest BCUT2D eigenvalue weighted by Crippen LogP contribution is -2.54. The van der Waals surface area contributed by atoms with Crippen LogP contribution in [-0.2, 0) is 0 Å². The molecule has 3 unspecified atom stereocenters. The second-order valence-corrected chi connectivity index (χ2v) is 5.24. The van der Waals surface area contributed by atoms with E-state index in [9.17, 15) is 0 Å². The molecule has 0 heterocycles. The molecular weight excluding hydrogens is 206 g/mol. The number of hydrogen-bond donors (Lipinski definition) is 1. The Morgan fingerprint density at radius 1 is 1.40 bits per heavy atom. The van der Waals surface area contributed by atoms with Gasteiger partial charge in [0.1, 0.15) is 0 Å². The molecule has 0 bridgehead atoms. The number of hydrogen-bond acceptors (Lipinski definition) is 1. The molecule has 3 atom stereocenters. The van der Waals surface area contributed by atoms with Gasteiger partial charge in [0.2, 0.25) is 0 Å². The van der Waals surface area contributed by atoms with E-state index in [2.05, 4.69) is 26.0 Å². The van der Waals surface area contributed by atoms with Crippen LogP contribution in [0, 0.1) is 5.41 Å². The maximum atomic E-state index is 6.10. The van der Waals surface area contributed by atoms with Crippen LogP contribution in [0.4, 0.5) is 0 Å². The lowest BCUT2D eigenvalue weighted by molar-refractivity contribution is 0.0706. The van der Waals surface area contributed by atoms with Crippen molar-refractivity contribution in [1.29, 1.82) is 0 Å². The lowest BCUT2D eigenvalue weighted by Gasteiger charge is -2.53. The van der Waals surface area contributed by atoms with Gasteiger partial charge in [0.15, 0.2) is 0 Å². The van der Waals surface area contributed by atoms with Crippen molar-refractivity contribution in [3.05, 3.63) is 34.9 Å². The fraction of sp³-hybridized carbons (Fsp3) is 0.538. The Morgan fingerprint density at radius 2 is 2.00 bits per heavy atom. The van der Waals surface area contributed by atoms with E-state index < -0.39 is 0 Å². The number of benzene rings is 1. The largest absolute Gasteiger partial charge is 0.327 e. The minimum Gasteiger partial charge on any atom is -0.327 e. The van der Waals surface area contributed by atoms with Crippen LogP contribution in [-0.4, -0.2) is 6.04 Å². The van der Waals surface area contributed by atoms with Crippen molar-refractivity contribution in [1.82, 2.24) is 0 Å². The molecule has 2 rings (SSSR count). The zero-order chi connectivity index (χ0) is 11.1. The molecule has 1 aliphatic rings. The van der Waals surface area contributed by atoms with Crippen molar-refractivity contribution in [2.24, 2.45) is 11.1 Å². The predicted octanol–water partition coefficient (Wildman–Crippen LogP) is 3.57. The summed E-state index contributed by atoms with van der Waals surface area (Å²) in [7, 11) is 0. The maximum absolute atomic E-state index is 6.10. The third kappa shape index (κ3) is 1.68. The third-order valence-corrected chi connectivity index (χ3v) is 4.42. The van der Waals surface area contributed by atoms with Crippen LogP contribution in [0.5, 0.6) is 0 Å². The standard InChI is InChI=1S/C13H18ClN/c1-3-13(2)11(8-12(13)15)9-4-6-10(14)7-5-9/h4-7,11-12H,3,8,15H2,1-2H3. The summed E-state index contributed by atoms with van der Waals surface area (Å²) in [6.07, 6.45) is 2.24. The Hall–Kier alpha value is -0.530. The molecule has 1 aliphatic carbocycles. The molecule has 0 spiro atoms. The Balaban J connectivity index is 2.23. The molecule has 1 saturated carbocycles. The molecule has 82 valence electrons. The average molecular weight is 224 g/mol. The highest BCUT2D eigenvalue weighted by Gasteiger charge is 2.48. The molecule has 1 nitrogen and oxygen atoms in total. The van der Waals surface area contributed by atoms with Crippen LogP contribution in [0.2, 0.25) is 5.02 Å². The third-order valence-electron chi connectivity index (χ3n) is 4.17. The van der Waals surface area contributed by atoms with E-state index >= 15 is 0 Å². The second kappa shape index (κ2) is 3.80. The van der Waals surface area contributed by atoms with Crippen molar-refractivity contribution in [2.45, 2.75) is 38.6 Å². The first-order chi connectivity index (χ1) is 7.08. The maximum Gasteiger partial charge on any atom is 0.0406 e. The van der Waals surface area contributed by atoms with Gasteiger partial charge in [-0.25, -0.2) is 0 Å². The molecule has 2 N–H and O–H groups in total. The number of halogens is 1. The molecule has 1 fully saturated rings. The summed E-state index contributed by atoms with van der Waals surface area (Å²) in [5.41, 5.74) is 7.75. The first-order valence-electron chi connectivity index (χ1n) is 5.59. The van der Waals surface area contributed by atoms with Crippen LogP contribution in [0.15, 0.2) is 24.3 Å². The van der Waals surface area contributed by atoms with Crippen molar-refractivity contribution in [3.8, 4) is 0 Å². The van der Waals surface area contributed by atoms with Crippen molar-refractivity contribution < 1.29 is 0 Å². The summed E-state index contributed by atoms with van der Waals surface area (Å²) < 4.78 is 0. The van der Waals surface area contributed by atoms with Crippen molar-refractivity contribution in [3.63, 3.8) is 0 Å². The van der Waals surface area contributed by atoms with Gasteiger partial charge in [0.05, 0.1) is 0 Å². The molecule has 0 amide bonds. The second-order valence-electron chi connectivity index (χ2n) is 4.81. The van der Waals surface area contributed by atoms with Gasteiger partial charge in [-0.3, -0.25) is 0 Å². The quantitative estimate of drug-likeness (QED) is 0.815. The Labute approximate surface area is 96.6 Å². The monoisotopic (exact) mass is 223 g/mol. The van der Waals surface area contributed by atoms with Crippen molar-refractivity contribution >= 4 is 11.6 Å². The molecule has 1 aromatic rings. The highest BCUT2D eigenvalue weighted by Crippen LogP contribution is 2.53. The zero-order valence-electron chi connectivity index (χ0n) is 9.33. The normalized spacial score (nSPS) is 34.9. The Morgan fingerprint density at radius 3 is 2.47 bits per heavy atom. The van der Waals surface area contributed by atoms with Gasteiger partial charge >= 0.3 is 0 Å². The van der Waals surface area contributed by atoms with Crippen LogP contribution in [0.1, 0.15) is 38.2 Å². The Kier molecular flexibility index (Phi) is 2.78. The van der Waals surface area contributed by atoms with Gasteiger partial charge < -0.3 is 5.73 Å². The summed E-state index contributed by atoms with van der Waals surface area (Å²) >= 11 is 5.89. The highest BCUT2D eigenvalue weighted by molar-refractivity contribution is 6.30. The molecule has 0 saturated heterocycles. The number of nitrogens with two attached hydrogens (primary N) is 1. The van der Waals surface area contributed by atoms with Gasteiger partial charge in [-0.1, -0.05) is 37.6 Å². The van der Waals surface area contributed by atoms with Gasteiger partial charge in [-0.05, 0) is 41.9 Å². The predicted molar refractivity (Wildman–Crippen MR) is 65.2 cm³/mol. The van der Waals surface area contributed by atoms with E-state index in [0.717, 1.165) is 17.9 Å². The van der Waals surface area contributed by atoms with E-state index in [-0.39, 0.29) is 5.41 Å². The zero-order valence-corrected chi connectivity index (χ0v) is 10.1. The molecule has 0 aliphatic heterocycles. The Bertz CT molecular complexity index is 346. The van der Waals surface area contributed by atoms with Crippen LogP contribution in [0.3, 0.4) is 0 Å². The fourth-order valence-electron chi connectivity index (χ4n) is 2.61. The lowest BCUT2D eigenvalue weighted by atomic mass is 9.54. The van der Waals surface area contributed by atoms with Gasteiger partial charge in [0.25, 0.3) is 0 Å².